The Morgan fingerprint density at radius 2 is 1.69 bits per heavy atom. The van der Waals surface area contributed by atoms with Gasteiger partial charge in [0.2, 0.25) is 5.91 Å². The van der Waals surface area contributed by atoms with Gasteiger partial charge in [0, 0.05) is 11.3 Å². The maximum absolute atomic E-state index is 13.2. The maximum atomic E-state index is 13.2. The Bertz CT molecular complexity index is 872. The Labute approximate surface area is 151 Å². The first-order valence-corrected chi connectivity index (χ1v) is 7.63. The Balaban J connectivity index is 2.03. The molecule has 26 heavy (non-hydrogen) atoms. The molecule has 6 nitrogen and oxygen atoms in total. The molecule has 0 aliphatic carbocycles. The van der Waals surface area contributed by atoms with E-state index in [2.05, 4.69) is 5.32 Å². The first-order chi connectivity index (χ1) is 12.2. The maximum Gasteiger partial charge on any atom is 0.340 e. The zero-order valence-corrected chi connectivity index (χ0v) is 14.1. The number of esters is 1. The summed E-state index contributed by atoms with van der Waals surface area (Å²) in [5, 5.41) is 2.12. The van der Waals surface area contributed by atoms with Crippen LogP contribution in [-0.4, -0.2) is 23.9 Å². The molecule has 0 saturated heterocycles. The van der Waals surface area contributed by atoms with Crippen molar-refractivity contribution in [3.05, 3.63) is 64.2 Å². The summed E-state index contributed by atoms with van der Waals surface area (Å²) in [6.07, 6.45) is -1.25. The second-order valence-corrected chi connectivity index (χ2v) is 5.63. The van der Waals surface area contributed by atoms with Crippen LogP contribution in [0.2, 0.25) is 5.02 Å². The molecule has 2 aromatic carbocycles. The molecule has 0 aliphatic heterocycles. The van der Waals surface area contributed by atoms with Gasteiger partial charge in [0.25, 0.3) is 5.91 Å². The van der Waals surface area contributed by atoms with E-state index < -0.39 is 41.1 Å². The second kappa shape index (κ2) is 7.92. The Hall–Kier alpha value is -3.00. The molecule has 1 unspecified atom stereocenters. The lowest BCUT2D eigenvalue weighted by atomic mass is 10.2. The third-order valence-corrected chi connectivity index (χ3v) is 3.63. The normalized spacial score (nSPS) is 11.5. The number of amides is 2. The van der Waals surface area contributed by atoms with Gasteiger partial charge >= 0.3 is 5.97 Å². The average Bonchev–Trinajstić information content (AvgIpc) is 2.58. The number of hydrogen-bond donors (Lipinski definition) is 2. The number of halogens is 3. The third-order valence-electron chi connectivity index (χ3n) is 3.32. The van der Waals surface area contributed by atoms with E-state index >= 15 is 0 Å². The van der Waals surface area contributed by atoms with Gasteiger partial charge < -0.3 is 15.8 Å². The molecule has 2 rings (SSSR count). The quantitative estimate of drug-likeness (QED) is 0.613. The van der Waals surface area contributed by atoms with Gasteiger partial charge in [-0.3, -0.25) is 9.59 Å². The van der Waals surface area contributed by atoms with Gasteiger partial charge in [-0.15, -0.1) is 0 Å². The van der Waals surface area contributed by atoms with Crippen molar-refractivity contribution in [2.24, 2.45) is 5.73 Å². The summed E-state index contributed by atoms with van der Waals surface area (Å²) in [5.74, 6) is -4.86. The Morgan fingerprint density at radius 3 is 2.27 bits per heavy atom. The number of benzene rings is 2. The van der Waals surface area contributed by atoms with Crippen molar-refractivity contribution >= 4 is 35.1 Å². The van der Waals surface area contributed by atoms with Gasteiger partial charge in [-0.1, -0.05) is 11.6 Å². The summed E-state index contributed by atoms with van der Waals surface area (Å²) in [4.78, 5) is 35.0. The van der Waals surface area contributed by atoms with E-state index in [0.29, 0.717) is 17.8 Å². The van der Waals surface area contributed by atoms with Crippen LogP contribution in [0.1, 0.15) is 27.6 Å². The highest BCUT2D eigenvalue weighted by molar-refractivity contribution is 6.33. The molecule has 0 heterocycles. The van der Waals surface area contributed by atoms with Crippen molar-refractivity contribution in [3.63, 3.8) is 0 Å². The molecule has 0 spiro atoms. The molecule has 0 bridgehead atoms. The highest BCUT2D eigenvalue weighted by atomic mass is 35.5. The predicted octanol–water partition coefficient (Wildman–Crippen LogP) is 2.90. The minimum absolute atomic E-state index is 0.260. The monoisotopic (exact) mass is 382 g/mol. The molecule has 2 aromatic rings. The Kier molecular flexibility index (Phi) is 5.89. The standard InChI is InChI=1S/C17H13ClF2N2O4/c1-8(16(24)22-10-4-2-9(3-5-10)15(21)23)26-17(25)11-6-13(19)14(20)7-12(11)18/h2-8H,1H3,(H2,21,23)(H,22,24). The van der Waals surface area contributed by atoms with Crippen LogP contribution in [0.3, 0.4) is 0 Å². The number of anilines is 1. The van der Waals surface area contributed by atoms with Crippen molar-refractivity contribution in [1.29, 1.82) is 0 Å². The van der Waals surface area contributed by atoms with Crippen LogP contribution in [0.4, 0.5) is 14.5 Å². The molecule has 3 N–H and O–H groups in total. The van der Waals surface area contributed by atoms with Crippen LogP contribution in [-0.2, 0) is 9.53 Å². The summed E-state index contributed by atoms with van der Waals surface area (Å²) in [5.41, 5.74) is 5.31. The number of nitrogens with one attached hydrogen (secondary N) is 1. The van der Waals surface area contributed by atoms with Crippen molar-refractivity contribution in [1.82, 2.24) is 0 Å². The Morgan fingerprint density at radius 1 is 1.12 bits per heavy atom. The SMILES string of the molecule is CC(OC(=O)c1cc(F)c(F)cc1Cl)C(=O)Nc1ccc(C(N)=O)cc1. The van der Waals surface area contributed by atoms with Gasteiger partial charge in [-0.05, 0) is 43.3 Å². The summed E-state index contributed by atoms with van der Waals surface area (Å²) < 4.78 is 31.2. The molecule has 9 heteroatoms. The van der Waals surface area contributed by atoms with Crippen molar-refractivity contribution in [3.8, 4) is 0 Å². The first-order valence-electron chi connectivity index (χ1n) is 7.25. The minimum Gasteiger partial charge on any atom is -0.449 e. The lowest BCUT2D eigenvalue weighted by molar-refractivity contribution is -0.123. The molecule has 0 radical (unpaired) electrons. The smallest absolute Gasteiger partial charge is 0.340 e. The molecule has 0 fully saturated rings. The van der Waals surface area contributed by atoms with Gasteiger partial charge in [0.15, 0.2) is 17.7 Å². The zero-order valence-electron chi connectivity index (χ0n) is 13.4. The van der Waals surface area contributed by atoms with Gasteiger partial charge in [0.1, 0.15) is 0 Å². The summed E-state index contributed by atoms with van der Waals surface area (Å²) >= 11 is 5.68. The lowest BCUT2D eigenvalue weighted by Gasteiger charge is -2.14. The molecular formula is C17H13ClF2N2O4. The first kappa shape index (κ1) is 19.3. The fourth-order valence-corrected chi connectivity index (χ4v) is 2.15. The number of carbonyl (C=O) groups is 3. The number of hydrogen-bond acceptors (Lipinski definition) is 4. The second-order valence-electron chi connectivity index (χ2n) is 5.22. The van der Waals surface area contributed by atoms with Crippen molar-refractivity contribution < 1.29 is 27.9 Å². The van der Waals surface area contributed by atoms with Crippen LogP contribution in [0, 0.1) is 11.6 Å². The fourth-order valence-electron chi connectivity index (χ4n) is 1.92. The molecule has 0 aliphatic rings. The molecule has 1 atom stereocenters. The van der Waals surface area contributed by atoms with Gasteiger partial charge in [-0.2, -0.15) is 0 Å². The van der Waals surface area contributed by atoms with Crippen molar-refractivity contribution in [2.75, 3.05) is 5.32 Å². The zero-order chi connectivity index (χ0) is 19.4. The van der Waals surface area contributed by atoms with E-state index in [-0.39, 0.29) is 10.6 Å². The molecule has 0 aromatic heterocycles. The number of carbonyl (C=O) groups excluding carboxylic acids is 3. The largest absolute Gasteiger partial charge is 0.449 e. The third kappa shape index (κ3) is 4.54. The van der Waals surface area contributed by atoms with Crippen LogP contribution in [0.5, 0.6) is 0 Å². The number of nitrogens with two attached hydrogens (primary N) is 1. The van der Waals surface area contributed by atoms with Crippen LogP contribution >= 0.6 is 11.6 Å². The average molecular weight is 383 g/mol. The van der Waals surface area contributed by atoms with E-state index in [4.69, 9.17) is 22.1 Å². The number of rotatable bonds is 5. The molecule has 0 saturated carbocycles. The minimum atomic E-state index is -1.27. The van der Waals surface area contributed by atoms with E-state index in [1.54, 1.807) is 0 Å². The number of ether oxygens (including phenoxy) is 1. The van der Waals surface area contributed by atoms with Crippen LogP contribution < -0.4 is 11.1 Å². The fraction of sp³-hybridized carbons (Fsp3) is 0.118. The van der Waals surface area contributed by atoms with E-state index in [0.717, 1.165) is 0 Å². The highest BCUT2D eigenvalue weighted by Gasteiger charge is 2.22. The highest BCUT2D eigenvalue weighted by Crippen LogP contribution is 2.21. The summed E-state index contributed by atoms with van der Waals surface area (Å²) in [6.45, 7) is 1.29. The van der Waals surface area contributed by atoms with E-state index in [9.17, 15) is 23.2 Å². The summed E-state index contributed by atoms with van der Waals surface area (Å²) in [7, 11) is 0. The van der Waals surface area contributed by atoms with Crippen LogP contribution in [0.25, 0.3) is 0 Å². The lowest BCUT2D eigenvalue weighted by Crippen LogP contribution is -2.30. The topological polar surface area (TPSA) is 98.5 Å². The summed E-state index contributed by atoms with van der Waals surface area (Å²) in [6, 6.07) is 6.94. The molecule has 2 amide bonds. The van der Waals surface area contributed by atoms with Gasteiger partial charge in [-0.25, -0.2) is 13.6 Å². The molecule has 136 valence electrons. The molecular weight excluding hydrogens is 370 g/mol. The van der Waals surface area contributed by atoms with Crippen LogP contribution in [0.15, 0.2) is 36.4 Å². The predicted molar refractivity (Wildman–Crippen MR) is 89.8 cm³/mol. The van der Waals surface area contributed by atoms with Gasteiger partial charge in [0.05, 0.1) is 10.6 Å². The van der Waals surface area contributed by atoms with Crippen molar-refractivity contribution in [2.45, 2.75) is 13.0 Å². The van der Waals surface area contributed by atoms with E-state index in [1.165, 1.54) is 31.2 Å². The number of primary amides is 1. The van der Waals surface area contributed by atoms with E-state index in [1.807, 2.05) is 0 Å².